The molecule has 0 aromatic heterocycles. The smallest absolute Gasteiger partial charge is 0.127 e. The number of benzene rings is 1. The van der Waals surface area contributed by atoms with Crippen LogP contribution in [-0.2, 0) is 6.54 Å². The van der Waals surface area contributed by atoms with Crippen LogP contribution in [0.4, 0.5) is 4.39 Å². The van der Waals surface area contributed by atoms with Crippen LogP contribution in [-0.4, -0.2) is 17.5 Å². The van der Waals surface area contributed by atoms with Gasteiger partial charge in [-0.05, 0) is 49.9 Å². The summed E-state index contributed by atoms with van der Waals surface area (Å²) in [6.07, 6.45) is 6.50. The number of halogens is 1. The third kappa shape index (κ3) is 2.50. The Hall–Kier alpha value is -1.40. The summed E-state index contributed by atoms with van der Waals surface area (Å²) >= 11 is 0. The first kappa shape index (κ1) is 12.6. The Bertz CT molecular complexity index is 506. The highest BCUT2D eigenvalue weighted by Gasteiger charge is 2.35. The molecule has 3 rings (SSSR count). The predicted octanol–water partition coefficient (Wildman–Crippen LogP) is 3.46. The molecule has 1 aromatic rings. The van der Waals surface area contributed by atoms with Gasteiger partial charge < -0.3 is 0 Å². The van der Waals surface area contributed by atoms with Gasteiger partial charge in [0.1, 0.15) is 5.82 Å². The summed E-state index contributed by atoms with van der Waals surface area (Å²) in [5, 5.41) is 8.92. The fourth-order valence-corrected chi connectivity index (χ4v) is 3.68. The van der Waals surface area contributed by atoms with Gasteiger partial charge in [-0.2, -0.15) is 5.26 Å². The van der Waals surface area contributed by atoms with Crippen molar-refractivity contribution in [2.45, 2.75) is 44.7 Å². The molecule has 19 heavy (non-hydrogen) atoms. The standard InChI is InChI=1S/C16H19FN2/c17-15-6-5-12(10-18)9-14(15)11-19-8-7-13-3-1-2-4-16(13)19/h5-6,9,13,16H,1-4,7-8,11H2. The molecule has 1 aliphatic heterocycles. The van der Waals surface area contributed by atoms with E-state index in [1.807, 2.05) is 0 Å². The number of nitriles is 1. The van der Waals surface area contributed by atoms with E-state index in [1.54, 1.807) is 12.1 Å². The highest BCUT2D eigenvalue weighted by Crippen LogP contribution is 2.37. The lowest BCUT2D eigenvalue weighted by atomic mass is 9.85. The Morgan fingerprint density at radius 2 is 2.11 bits per heavy atom. The van der Waals surface area contributed by atoms with Crippen LogP contribution in [0.15, 0.2) is 18.2 Å². The molecule has 1 aliphatic carbocycles. The highest BCUT2D eigenvalue weighted by molar-refractivity contribution is 5.33. The van der Waals surface area contributed by atoms with Gasteiger partial charge in [0.15, 0.2) is 0 Å². The fourth-order valence-electron chi connectivity index (χ4n) is 3.68. The molecule has 1 aromatic carbocycles. The minimum absolute atomic E-state index is 0.182. The number of hydrogen-bond acceptors (Lipinski definition) is 2. The molecule has 1 saturated carbocycles. The molecule has 2 atom stereocenters. The maximum atomic E-state index is 13.8. The van der Waals surface area contributed by atoms with Crippen molar-refractivity contribution in [2.75, 3.05) is 6.54 Å². The molecule has 2 unspecified atom stereocenters. The van der Waals surface area contributed by atoms with E-state index in [0.717, 1.165) is 12.5 Å². The van der Waals surface area contributed by atoms with Crippen molar-refractivity contribution < 1.29 is 4.39 Å². The molecule has 2 fully saturated rings. The van der Waals surface area contributed by atoms with Crippen molar-refractivity contribution in [1.82, 2.24) is 4.90 Å². The van der Waals surface area contributed by atoms with Crippen LogP contribution in [0.1, 0.15) is 43.2 Å². The monoisotopic (exact) mass is 258 g/mol. The Balaban J connectivity index is 1.76. The number of nitrogens with zero attached hydrogens (tertiary/aromatic N) is 2. The van der Waals surface area contributed by atoms with Crippen molar-refractivity contribution in [1.29, 1.82) is 5.26 Å². The number of rotatable bonds is 2. The fraction of sp³-hybridized carbons (Fsp3) is 0.562. The summed E-state index contributed by atoms with van der Waals surface area (Å²) in [5.41, 5.74) is 1.22. The maximum Gasteiger partial charge on any atom is 0.127 e. The number of likely N-dealkylation sites (tertiary alicyclic amines) is 1. The van der Waals surface area contributed by atoms with Crippen LogP contribution in [0.3, 0.4) is 0 Å². The average molecular weight is 258 g/mol. The van der Waals surface area contributed by atoms with Crippen molar-refractivity contribution in [3.63, 3.8) is 0 Å². The lowest BCUT2D eigenvalue weighted by Gasteiger charge is -2.31. The molecule has 0 N–H and O–H groups in total. The molecule has 0 radical (unpaired) electrons. The van der Waals surface area contributed by atoms with Gasteiger partial charge in [-0.3, -0.25) is 4.90 Å². The Morgan fingerprint density at radius 3 is 2.95 bits per heavy atom. The van der Waals surface area contributed by atoms with Gasteiger partial charge in [0.2, 0.25) is 0 Å². The Labute approximate surface area is 113 Å². The van der Waals surface area contributed by atoms with Gasteiger partial charge >= 0.3 is 0 Å². The van der Waals surface area contributed by atoms with E-state index in [-0.39, 0.29) is 5.82 Å². The minimum atomic E-state index is -0.182. The van der Waals surface area contributed by atoms with Gasteiger partial charge in [-0.25, -0.2) is 4.39 Å². The van der Waals surface area contributed by atoms with E-state index < -0.39 is 0 Å². The van der Waals surface area contributed by atoms with E-state index in [2.05, 4.69) is 11.0 Å². The molecular formula is C16H19FN2. The number of hydrogen-bond donors (Lipinski definition) is 0. The molecule has 3 heteroatoms. The van der Waals surface area contributed by atoms with Crippen LogP contribution in [0.25, 0.3) is 0 Å². The topological polar surface area (TPSA) is 27.0 Å². The molecular weight excluding hydrogens is 239 g/mol. The number of fused-ring (bicyclic) bond motifs is 1. The summed E-state index contributed by atoms with van der Waals surface area (Å²) < 4.78 is 13.8. The first-order valence-corrected chi connectivity index (χ1v) is 7.20. The van der Waals surface area contributed by atoms with E-state index in [0.29, 0.717) is 23.7 Å². The van der Waals surface area contributed by atoms with E-state index in [4.69, 9.17) is 5.26 Å². The summed E-state index contributed by atoms with van der Waals surface area (Å²) in [7, 11) is 0. The quantitative estimate of drug-likeness (QED) is 0.812. The van der Waals surface area contributed by atoms with Gasteiger partial charge in [0.05, 0.1) is 11.6 Å². The van der Waals surface area contributed by atoms with Crippen molar-refractivity contribution in [3.05, 3.63) is 35.1 Å². The zero-order valence-electron chi connectivity index (χ0n) is 11.1. The van der Waals surface area contributed by atoms with Crippen LogP contribution in [0.5, 0.6) is 0 Å². The SMILES string of the molecule is N#Cc1ccc(F)c(CN2CCC3CCCCC32)c1. The molecule has 2 aliphatic rings. The molecule has 100 valence electrons. The maximum absolute atomic E-state index is 13.8. The Morgan fingerprint density at radius 1 is 1.26 bits per heavy atom. The average Bonchev–Trinajstić information content (AvgIpc) is 2.85. The minimum Gasteiger partial charge on any atom is -0.296 e. The normalized spacial score (nSPS) is 26.9. The van der Waals surface area contributed by atoms with E-state index >= 15 is 0 Å². The van der Waals surface area contributed by atoms with Crippen LogP contribution < -0.4 is 0 Å². The summed E-state index contributed by atoms with van der Waals surface area (Å²) in [6, 6.07) is 7.40. The largest absolute Gasteiger partial charge is 0.296 e. The molecule has 0 spiro atoms. The van der Waals surface area contributed by atoms with Crippen molar-refractivity contribution >= 4 is 0 Å². The molecule has 2 nitrogen and oxygen atoms in total. The zero-order valence-corrected chi connectivity index (χ0v) is 11.1. The molecule has 1 saturated heterocycles. The first-order valence-electron chi connectivity index (χ1n) is 7.20. The second-order valence-electron chi connectivity index (χ2n) is 5.79. The third-order valence-corrected chi connectivity index (χ3v) is 4.67. The summed E-state index contributed by atoms with van der Waals surface area (Å²) in [5.74, 6) is 0.634. The lowest BCUT2D eigenvalue weighted by Crippen LogP contribution is -2.34. The third-order valence-electron chi connectivity index (χ3n) is 4.67. The van der Waals surface area contributed by atoms with Crippen LogP contribution in [0.2, 0.25) is 0 Å². The highest BCUT2D eigenvalue weighted by atomic mass is 19.1. The van der Waals surface area contributed by atoms with Gasteiger partial charge in [-0.1, -0.05) is 12.8 Å². The van der Waals surface area contributed by atoms with Crippen molar-refractivity contribution in [3.8, 4) is 6.07 Å². The molecule has 0 amide bonds. The first-order chi connectivity index (χ1) is 9.28. The van der Waals surface area contributed by atoms with Crippen LogP contribution in [0, 0.1) is 23.1 Å². The second-order valence-corrected chi connectivity index (χ2v) is 5.79. The van der Waals surface area contributed by atoms with Gasteiger partial charge in [0.25, 0.3) is 0 Å². The predicted molar refractivity (Wildman–Crippen MR) is 71.9 cm³/mol. The van der Waals surface area contributed by atoms with Crippen molar-refractivity contribution in [2.24, 2.45) is 5.92 Å². The summed E-state index contributed by atoms with van der Waals surface area (Å²) in [4.78, 5) is 2.42. The van der Waals surface area contributed by atoms with Gasteiger partial charge in [-0.15, -0.1) is 0 Å². The summed E-state index contributed by atoms with van der Waals surface area (Å²) in [6.45, 7) is 1.73. The van der Waals surface area contributed by atoms with E-state index in [1.165, 1.54) is 38.2 Å². The van der Waals surface area contributed by atoms with Crippen LogP contribution >= 0.6 is 0 Å². The zero-order chi connectivity index (χ0) is 13.2. The Kier molecular flexibility index (Phi) is 3.52. The van der Waals surface area contributed by atoms with Gasteiger partial charge in [0, 0.05) is 18.2 Å². The molecule has 1 heterocycles. The lowest BCUT2D eigenvalue weighted by molar-refractivity contribution is 0.174. The molecule has 0 bridgehead atoms. The van der Waals surface area contributed by atoms with E-state index in [9.17, 15) is 4.39 Å². The second kappa shape index (κ2) is 5.30.